The highest BCUT2D eigenvalue weighted by Crippen LogP contribution is 2.22. The summed E-state index contributed by atoms with van der Waals surface area (Å²) in [5, 5.41) is 4.24. The van der Waals surface area contributed by atoms with E-state index in [1.54, 1.807) is 23.6 Å². The van der Waals surface area contributed by atoms with Gasteiger partial charge in [0.15, 0.2) is 0 Å². The van der Waals surface area contributed by atoms with E-state index in [0.29, 0.717) is 25.3 Å². The van der Waals surface area contributed by atoms with E-state index in [9.17, 15) is 13.2 Å². The first kappa shape index (κ1) is 16.9. The third-order valence-corrected chi connectivity index (χ3v) is 5.50. The lowest BCUT2D eigenvalue weighted by atomic mass is 10.1. The molecule has 0 unspecified atom stereocenters. The number of amides is 1. The molecule has 1 saturated heterocycles. The summed E-state index contributed by atoms with van der Waals surface area (Å²) in [5.74, 6) is 0.456. The molecule has 0 aromatic carbocycles. The van der Waals surface area contributed by atoms with Crippen LogP contribution < -0.4 is 9.62 Å². The smallest absolute Gasteiger partial charge is 0.279 e. The van der Waals surface area contributed by atoms with Gasteiger partial charge in [-0.1, -0.05) is 6.92 Å². The van der Waals surface area contributed by atoms with E-state index in [-0.39, 0.29) is 5.91 Å². The van der Waals surface area contributed by atoms with Crippen molar-refractivity contribution >= 4 is 21.9 Å². The quantitative estimate of drug-likeness (QED) is 0.824. The summed E-state index contributed by atoms with van der Waals surface area (Å²) in [6, 6.07) is 1.09. The van der Waals surface area contributed by atoms with Crippen molar-refractivity contribution in [3.63, 3.8) is 0 Å². The highest BCUT2D eigenvalue weighted by molar-refractivity contribution is 7.87. The fraction of sp³-hybridized carbons (Fsp3) is 0.692. The van der Waals surface area contributed by atoms with Crippen LogP contribution in [-0.2, 0) is 22.1 Å². The standard InChI is InChI=1S/C13H23N5O3S/c1-5-16(3)22(20,21)15-11-7-6-8-18(13(11)19)12-9-10(2)14-17(12)4/h9,11,15H,5-8H2,1-4H3/t11-/m0/s1. The monoisotopic (exact) mass is 329 g/mol. The lowest BCUT2D eigenvalue weighted by Gasteiger charge is -2.32. The van der Waals surface area contributed by atoms with Gasteiger partial charge >= 0.3 is 0 Å². The number of piperidine rings is 1. The molecule has 1 N–H and O–H groups in total. The number of hydrogen-bond acceptors (Lipinski definition) is 4. The van der Waals surface area contributed by atoms with Crippen molar-refractivity contribution in [1.82, 2.24) is 18.8 Å². The molecular formula is C13H23N5O3S. The third kappa shape index (κ3) is 3.31. The normalized spacial score (nSPS) is 20.0. The number of anilines is 1. The van der Waals surface area contributed by atoms with Gasteiger partial charge in [0.2, 0.25) is 5.91 Å². The molecule has 1 amide bonds. The maximum Gasteiger partial charge on any atom is 0.279 e. The Labute approximate surface area is 131 Å². The number of hydrogen-bond donors (Lipinski definition) is 1. The maximum atomic E-state index is 12.6. The van der Waals surface area contributed by atoms with Crippen LogP contribution in [0.1, 0.15) is 25.5 Å². The van der Waals surface area contributed by atoms with Gasteiger partial charge in [-0.2, -0.15) is 22.5 Å². The molecule has 0 spiro atoms. The topological polar surface area (TPSA) is 87.5 Å². The zero-order chi connectivity index (χ0) is 16.5. The molecule has 1 atom stereocenters. The van der Waals surface area contributed by atoms with E-state index in [2.05, 4.69) is 9.82 Å². The summed E-state index contributed by atoms with van der Waals surface area (Å²) in [5.41, 5.74) is 0.818. The summed E-state index contributed by atoms with van der Waals surface area (Å²) >= 11 is 0. The van der Waals surface area contributed by atoms with Crippen molar-refractivity contribution in [3.8, 4) is 0 Å². The van der Waals surface area contributed by atoms with Crippen LogP contribution in [0.4, 0.5) is 5.82 Å². The van der Waals surface area contributed by atoms with Gasteiger partial charge in [0.05, 0.1) is 5.69 Å². The van der Waals surface area contributed by atoms with Crippen molar-refractivity contribution in [3.05, 3.63) is 11.8 Å². The summed E-state index contributed by atoms with van der Waals surface area (Å²) in [6.07, 6.45) is 1.24. The Balaban J connectivity index is 2.19. The number of carbonyl (C=O) groups excluding carboxylic acids is 1. The molecule has 0 saturated carbocycles. The number of nitrogens with zero attached hydrogens (tertiary/aromatic N) is 4. The SMILES string of the molecule is CCN(C)S(=O)(=O)N[C@H]1CCCN(c2cc(C)nn2C)C1=O. The Morgan fingerprint density at radius 3 is 2.73 bits per heavy atom. The predicted octanol–water partition coefficient (Wildman–Crippen LogP) is 0.0100. The Morgan fingerprint density at radius 2 is 2.18 bits per heavy atom. The van der Waals surface area contributed by atoms with Crippen LogP contribution in [0.2, 0.25) is 0 Å². The summed E-state index contributed by atoms with van der Waals surface area (Å²) in [7, 11) is -0.384. The molecule has 124 valence electrons. The number of aromatic nitrogens is 2. The lowest BCUT2D eigenvalue weighted by Crippen LogP contribution is -2.55. The predicted molar refractivity (Wildman–Crippen MR) is 83.7 cm³/mol. The Morgan fingerprint density at radius 1 is 1.50 bits per heavy atom. The number of rotatable bonds is 5. The van der Waals surface area contributed by atoms with Gasteiger partial charge in [0.1, 0.15) is 11.9 Å². The average Bonchev–Trinajstić information content (AvgIpc) is 2.78. The van der Waals surface area contributed by atoms with Crippen molar-refractivity contribution in [2.75, 3.05) is 25.0 Å². The van der Waals surface area contributed by atoms with Crippen LogP contribution in [0.25, 0.3) is 0 Å². The minimum Gasteiger partial charge on any atom is -0.296 e. The summed E-state index contributed by atoms with van der Waals surface area (Å²) in [4.78, 5) is 14.2. The van der Waals surface area contributed by atoms with Crippen molar-refractivity contribution in [2.24, 2.45) is 7.05 Å². The number of aryl methyl sites for hydroxylation is 2. The van der Waals surface area contributed by atoms with Crippen LogP contribution in [-0.4, -0.2) is 54.6 Å². The van der Waals surface area contributed by atoms with Crippen molar-refractivity contribution in [2.45, 2.75) is 32.7 Å². The van der Waals surface area contributed by atoms with E-state index in [1.165, 1.54) is 11.4 Å². The minimum atomic E-state index is -3.64. The molecule has 8 nitrogen and oxygen atoms in total. The van der Waals surface area contributed by atoms with Gasteiger partial charge in [0.25, 0.3) is 10.2 Å². The highest BCUT2D eigenvalue weighted by Gasteiger charge is 2.34. The Kier molecular flexibility index (Phi) is 4.88. The maximum absolute atomic E-state index is 12.6. The number of carbonyl (C=O) groups is 1. The molecule has 2 heterocycles. The Bertz CT molecular complexity index is 655. The van der Waals surface area contributed by atoms with E-state index in [4.69, 9.17) is 0 Å². The van der Waals surface area contributed by atoms with Crippen LogP contribution in [0.3, 0.4) is 0 Å². The second kappa shape index (κ2) is 6.35. The molecule has 1 aromatic rings. The van der Waals surface area contributed by atoms with Crippen LogP contribution in [0, 0.1) is 6.92 Å². The van der Waals surface area contributed by atoms with Gasteiger partial charge in [-0.15, -0.1) is 0 Å². The van der Waals surface area contributed by atoms with Gasteiger partial charge in [-0.05, 0) is 19.8 Å². The first-order valence-electron chi connectivity index (χ1n) is 7.32. The van der Waals surface area contributed by atoms with Crippen LogP contribution in [0.15, 0.2) is 6.07 Å². The minimum absolute atomic E-state index is 0.234. The second-order valence-corrected chi connectivity index (χ2v) is 7.30. The molecule has 1 aliphatic heterocycles. The van der Waals surface area contributed by atoms with Gasteiger partial charge in [0, 0.05) is 33.3 Å². The van der Waals surface area contributed by atoms with Gasteiger partial charge < -0.3 is 0 Å². The fourth-order valence-electron chi connectivity index (χ4n) is 2.50. The van der Waals surface area contributed by atoms with E-state index >= 15 is 0 Å². The zero-order valence-corrected chi connectivity index (χ0v) is 14.2. The molecule has 9 heteroatoms. The molecule has 1 fully saturated rings. The summed E-state index contributed by atoms with van der Waals surface area (Å²) in [6.45, 7) is 4.52. The first-order valence-corrected chi connectivity index (χ1v) is 8.76. The molecule has 1 aliphatic rings. The van der Waals surface area contributed by atoms with E-state index in [1.807, 2.05) is 13.0 Å². The molecular weight excluding hydrogens is 306 g/mol. The highest BCUT2D eigenvalue weighted by atomic mass is 32.2. The van der Waals surface area contributed by atoms with Crippen LogP contribution in [0.5, 0.6) is 0 Å². The molecule has 1 aromatic heterocycles. The molecule has 0 aliphatic carbocycles. The van der Waals surface area contributed by atoms with Gasteiger partial charge in [-0.3, -0.25) is 14.4 Å². The zero-order valence-electron chi connectivity index (χ0n) is 13.4. The van der Waals surface area contributed by atoms with Crippen LogP contribution >= 0.6 is 0 Å². The lowest BCUT2D eigenvalue weighted by molar-refractivity contribution is -0.121. The summed E-state index contributed by atoms with van der Waals surface area (Å²) < 4.78 is 29.6. The largest absolute Gasteiger partial charge is 0.296 e. The van der Waals surface area contributed by atoms with Crippen molar-refractivity contribution < 1.29 is 13.2 Å². The van der Waals surface area contributed by atoms with E-state index in [0.717, 1.165) is 12.1 Å². The van der Waals surface area contributed by atoms with E-state index < -0.39 is 16.3 Å². The third-order valence-electron chi connectivity index (χ3n) is 3.84. The van der Waals surface area contributed by atoms with Crippen molar-refractivity contribution in [1.29, 1.82) is 0 Å². The Hall–Kier alpha value is -1.45. The second-order valence-electron chi connectivity index (χ2n) is 5.49. The fourth-order valence-corrected chi connectivity index (χ4v) is 3.60. The average molecular weight is 329 g/mol. The molecule has 2 rings (SSSR count). The number of nitrogens with one attached hydrogen (secondary N) is 1. The molecule has 0 radical (unpaired) electrons. The van der Waals surface area contributed by atoms with Gasteiger partial charge in [-0.25, -0.2) is 0 Å². The molecule has 22 heavy (non-hydrogen) atoms. The first-order chi connectivity index (χ1) is 10.3. The molecule has 0 bridgehead atoms.